The maximum absolute atomic E-state index is 12.7. The number of benzene rings is 1. The fraction of sp³-hybridized carbons (Fsp3) is 0.421. The van der Waals surface area contributed by atoms with Crippen LogP contribution in [0.4, 0.5) is 0 Å². The number of carbonyl (C=O) groups excluding carboxylic acids is 2. The van der Waals surface area contributed by atoms with E-state index in [2.05, 4.69) is 17.3 Å². The molecule has 2 heterocycles. The maximum Gasteiger partial charge on any atom is 0.276 e. The van der Waals surface area contributed by atoms with Crippen LogP contribution < -0.4 is 0 Å². The molecule has 25 heavy (non-hydrogen) atoms. The smallest absolute Gasteiger partial charge is 0.276 e. The van der Waals surface area contributed by atoms with Gasteiger partial charge in [0.05, 0.1) is 0 Å². The number of carbonyl (C=O) groups is 2. The van der Waals surface area contributed by atoms with Gasteiger partial charge in [0.1, 0.15) is 5.76 Å². The molecule has 2 fully saturated rings. The van der Waals surface area contributed by atoms with Crippen molar-refractivity contribution >= 4 is 11.8 Å². The molecule has 1 saturated heterocycles. The van der Waals surface area contributed by atoms with E-state index in [-0.39, 0.29) is 17.7 Å². The summed E-state index contributed by atoms with van der Waals surface area (Å²) in [5.41, 5.74) is 1.58. The summed E-state index contributed by atoms with van der Waals surface area (Å²) in [4.78, 5) is 28.7. The van der Waals surface area contributed by atoms with Gasteiger partial charge in [-0.3, -0.25) is 9.59 Å². The van der Waals surface area contributed by atoms with Gasteiger partial charge >= 0.3 is 0 Å². The fourth-order valence-electron chi connectivity index (χ4n) is 3.53. The SMILES string of the molecule is Cc1cc(C(=O)N2CCN(C(=O)[C@@H]3C[C@@H]3c3ccccc3)CC2)no1. The monoisotopic (exact) mass is 339 g/mol. The number of piperazine rings is 1. The molecule has 1 saturated carbocycles. The zero-order valence-electron chi connectivity index (χ0n) is 14.2. The Balaban J connectivity index is 1.32. The van der Waals surface area contributed by atoms with Gasteiger partial charge in [-0.2, -0.15) is 0 Å². The van der Waals surface area contributed by atoms with Crippen LogP contribution in [0, 0.1) is 12.8 Å². The van der Waals surface area contributed by atoms with E-state index < -0.39 is 0 Å². The number of aromatic nitrogens is 1. The standard InChI is InChI=1S/C19H21N3O3/c1-13-11-17(20-25-13)19(24)22-9-7-21(8-10-22)18(23)16-12-15(16)14-5-3-2-4-6-14/h2-6,11,15-16H,7-10,12H2,1H3/t15-,16-/m1/s1. The van der Waals surface area contributed by atoms with Gasteiger partial charge in [-0.05, 0) is 24.8 Å². The summed E-state index contributed by atoms with van der Waals surface area (Å²) in [5, 5.41) is 3.78. The summed E-state index contributed by atoms with van der Waals surface area (Å²) in [6.45, 7) is 4.01. The summed E-state index contributed by atoms with van der Waals surface area (Å²) in [6.07, 6.45) is 0.931. The largest absolute Gasteiger partial charge is 0.361 e. The van der Waals surface area contributed by atoms with E-state index in [0.717, 1.165) is 6.42 Å². The van der Waals surface area contributed by atoms with E-state index in [9.17, 15) is 9.59 Å². The van der Waals surface area contributed by atoms with E-state index in [4.69, 9.17) is 4.52 Å². The topological polar surface area (TPSA) is 66.7 Å². The van der Waals surface area contributed by atoms with Crippen molar-refractivity contribution in [3.8, 4) is 0 Å². The highest BCUT2D eigenvalue weighted by Crippen LogP contribution is 2.48. The van der Waals surface area contributed by atoms with Gasteiger partial charge in [-0.25, -0.2) is 0 Å². The van der Waals surface area contributed by atoms with E-state index in [0.29, 0.717) is 43.6 Å². The first-order valence-electron chi connectivity index (χ1n) is 8.70. The normalized spacial score (nSPS) is 22.8. The number of amides is 2. The third kappa shape index (κ3) is 3.16. The van der Waals surface area contributed by atoms with Crippen molar-refractivity contribution in [3.05, 3.63) is 53.4 Å². The van der Waals surface area contributed by atoms with E-state index in [1.165, 1.54) is 5.56 Å². The number of hydrogen-bond donors (Lipinski definition) is 0. The Bertz CT molecular complexity index is 778. The van der Waals surface area contributed by atoms with Crippen molar-refractivity contribution in [3.63, 3.8) is 0 Å². The zero-order chi connectivity index (χ0) is 17.4. The Morgan fingerprint density at radius 3 is 2.40 bits per heavy atom. The molecule has 0 radical (unpaired) electrons. The molecular weight excluding hydrogens is 318 g/mol. The molecule has 1 aromatic heterocycles. The second-order valence-corrected chi connectivity index (χ2v) is 6.80. The highest BCUT2D eigenvalue weighted by Gasteiger charge is 2.46. The van der Waals surface area contributed by atoms with Gasteiger partial charge in [0, 0.05) is 38.2 Å². The van der Waals surface area contributed by atoms with Gasteiger partial charge < -0.3 is 14.3 Å². The Morgan fingerprint density at radius 1 is 1.08 bits per heavy atom. The molecule has 0 bridgehead atoms. The lowest BCUT2D eigenvalue weighted by atomic mass is 10.1. The minimum absolute atomic E-state index is 0.0999. The molecular formula is C19H21N3O3. The lowest BCUT2D eigenvalue weighted by molar-refractivity contribution is -0.134. The first kappa shape index (κ1) is 15.9. The van der Waals surface area contributed by atoms with Crippen LogP contribution in [0.25, 0.3) is 0 Å². The van der Waals surface area contributed by atoms with Gasteiger partial charge in [-0.15, -0.1) is 0 Å². The zero-order valence-corrected chi connectivity index (χ0v) is 14.2. The van der Waals surface area contributed by atoms with Crippen molar-refractivity contribution < 1.29 is 14.1 Å². The van der Waals surface area contributed by atoms with Gasteiger partial charge in [0.25, 0.3) is 5.91 Å². The minimum Gasteiger partial charge on any atom is -0.361 e. The second-order valence-electron chi connectivity index (χ2n) is 6.80. The number of nitrogens with zero attached hydrogens (tertiary/aromatic N) is 3. The van der Waals surface area contributed by atoms with Crippen LogP contribution in [-0.4, -0.2) is 52.9 Å². The molecule has 2 atom stereocenters. The van der Waals surface area contributed by atoms with Gasteiger partial charge in [0.15, 0.2) is 5.69 Å². The van der Waals surface area contributed by atoms with Crippen LogP contribution in [0.3, 0.4) is 0 Å². The van der Waals surface area contributed by atoms with Gasteiger partial charge in [0.2, 0.25) is 5.91 Å². The fourth-order valence-corrected chi connectivity index (χ4v) is 3.53. The first-order chi connectivity index (χ1) is 12.1. The highest BCUT2D eigenvalue weighted by molar-refractivity contribution is 5.92. The van der Waals surface area contributed by atoms with Gasteiger partial charge in [-0.1, -0.05) is 35.5 Å². The molecule has 0 N–H and O–H groups in total. The predicted octanol–water partition coefficient (Wildman–Crippen LogP) is 2.07. The quantitative estimate of drug-likeness (QED) is 0.859. The molecule has 2 amide bonds. The first-order valence-corrected chi connectivity index (χ1v) is 8.70. The molecule has 4 rings (SSSR count). The second kappa shape index (κ2) is 6.35. The third-order valence-corrected chi connectivity index (χ3v) is 5.06. The Hall–Kier alpha value is -2.63. The molecule has 2 aromatic rings. The molecule has 1 aromatic carbocycles. The molecule has 130 valence electrons. The van der Waals surface area contributed by atoms with Crippen LogP contribution in [0.2, 0.25) is 0 Å². The lowest BCUT2D eigenvalue weighted by Crippen LogP contribution is -2.51. The predicted molar refractivity (Wildman–Crippen MR) is 91.0 cm³/mol. The van der Waals surface area contributed by atoms with Crippen molar-refractivity contribution in [2.24, 2.45) is 5.92 Å². The minimum atomic E-state index is -0.127. The Labute approximate surface area is 146 Å². The van der Waals surface area contributed by atoms with Crippen LogP contribution in [0.15, 0.2) is 40.9 Å². The number of rotatable bonds is 3. The molecule has 6 heteroatoms. The van der Waals surface area contributed by atoms with E-state index in [1.807, 2.05) is 23.1 Å². The van der Waals surface area contributed by atoms with Crippen molar-refractivity contribution in [2.45, 2.75) is 19.3 Å². The summed E-state index contributed by atoms with van der Waals surface area (Å²) in [5.74, 6) is 1.17. The van der Waals surface area contributed by atoms with Crippen molar-refractivity contribution in [2.75, 3.05) is 26.2 Å². The lowest BCUT2D eigenvalue weighted by Gasteiger charge is -2.34. The number of aryl methyl sites for hydroxylation is 1. The molecule has 2 aliphatic rings. The average Bonchev–Trinajstić information content (AvgIpc) is 3.35. The van der Waals surface area contributed by atoms with E-state index >= 15 is 0 Å². The van der Waals surface area contributed by atoms with Crippen molar-refractivity contribution in [1.29, 1.82) is 0 Å². The molecule has 1 aliphatic carbocycles. The molecule has 1 aliphatic heterocycles. The summed E-state index contributed by atoms with van der Waals surface area (Å²) < 4.78 is 4.97. The summed E-state index contributed by atoms with van der Waals surface area (Å²) >= 11 is 0. The van der Waals surface area contributed by atoms with Crippen LogP contribution in [0.5, 0.6) is 0 Å². The third-order valence-electron chi connectivity index (χ3n) is 5.06. The highest BCUT2D eigenvalue weighted by atomic mass is 16.5. The number of hydrogen-bond acceptors (Lipinski definition) is 4. The maximum atomic E-state index is 12.7. The summed E-state index contributed by atoms with van der Waals surface area (Å²) in [7, 11) is 0. The van der Waals surface area contributed by atoms with Crippen LogP contribution >= 0.6 is 0 Å². The Morgan fingerprint density at radius 2 is 1.76 bits per heavy atom. The molecule has 6 nitrogen and oxygen atoms in total. The molecule has 0 spiro atoms. The average molecular weight is 339 g/mol. The summed E-state index contributed by atoms with van der Waals surface area (Å²) in [6, 6.07) is 11.9. The Kier molecular flexibility index (Phi) is 4.03. The van der Waals surface area contributed by atoms with Crippen LogP contribution in [-0.2, 0) is 4.79 Å². The van der Waals surface area contributed by atoms with Crippen LogP contribution in [0.1, 0.15) is 34.2 Å². The molecule has 0 unspecified atom stereocenters. The van der Waals surface area contributed by atoms with Crippen molar-refractivity contribution in [1.82, 2.24) is 15.0 Å². The van der Waals surface area contributed by atoms with E-state index in [1.54, 1.807) is 17.9 Å².